The lowest BCUT2D eigenvalue weighted by atomic mass is 10.1. The maximum atomic E-state index is 12.9. The molecule has 9 heteroatoms. The van der Waals surface area contributed by atoms with E-state index >= 15 is 0 Å². The third-order valence-corrected chi connectivity index (χ3v) is 4.84. The van der Waals surface area contributed by atoms with Crippen molar-refractivity contribution in [3.63, 3.8) is 0 Å². The summed E-state index contributed by atoms with van der Waals surface area (Å²) in [7, 11) is 1.57. The molecule has 0 aliphatic carbocycles. The maximum Gasteiger partial charge on any atom is 0.342 e. The highest BCUT2D eigenvalue weighted by Crippen LogP contribution is 2.26. The van der Waals surface area contributed by atoms with Crippen molar-refractivity contribution in [1.82, 2.24) is 15.1 Å². The highest BCUT2D eigenvalue weighted by molar-refractivity contribution is 5.97. The zero-order valence-electron chi connectivity index (χ0n) is 19.2. The summed E-state index contributed by atoms with van der Waals surface area (Å²) in [6.45, 7) is 1.88. The van der Waals surface area contributed by atoms with E-state index in [0.717, 1.165) is 5.69 Å². The number of hydrogen-bond acceptors (Lipinski definition) is 7. The standard InChI is InChI=1S/C25H27N3O6/c1-3-33-23(30)10-7-15-26-22(29)17-34-25(31)21-16-28(19-8-5-4-6-9-19)27-24(21)18-11-13-20(32-2)14-12-18/h4-6,8-9,11-14,16H,3,7,10,15,17H2,1-2H3,(H,26,29). The fraction of sp³-hybridized carbons (Fsp3) is 0.280. The Kier molecular flexibility index (Phi) is 8.79. The summed E-state index contributed by atoms with van der Waals surface area (Å²) < 4.78 is 16.9. The highest BCUT2D eigenvalue weighted by Gasteiger charge is 2.21. The number of carbonyl (C=O) groups excluding carboxylic acids is 3. The molecule has 1 N–H and O–H groups in total. The summed E-state index contributed by atoms with van der Waals surface area (Å²) >= 11 is 0. The molecular formula is C25H27N3O6. The molecule has 0 spiro atoms. The van der Waals surface area contributed by atoms with Crippen molar-refractivity contribution < 1.29 is 28.6 Å². The first kappa shape index (κ1) is 24.5. The fourth-order valence-electron chi connectivity index (χ4n) is 3.15. The van der Waals surface area contributed by atoms with Crippen LogP contribution in [0.1, 0.15) is 30.1 Å². The number of carbonyl (C=O) groups is 3. The summed E-state index contributed by atoms with van der Waals surface area (Å²) in [5.41, 5.74) is 2.12. The lowest BCUT2D eigenvalue weighted by Gasteiger charge is -2.07. The molecule has 0 saturated heterocycles. The van der Waals surface area contributed by atoms with Crippen LogP contribution in [0.15, 0.2) is 60.8 Å². The molecule has 0 atom stereocenters. The molecule has 0 aliphatic heterocycles. The van der Waals surface area contributed by atoms with Crippen molar-refractivity contribution in [2.24, 2.45) is 0 Å². The summed E-state index contributed by atoms with van der Waals surface area (Å²) in [4.78, 5) is 36.3. The molecular weight excluding hydrogens is 438 g/mol. The second-order valence-electron chi connectivity index (χ2n) is 7.23. The number of hydrogen-bond donors (Lipinski definition) is 1. The van der Waals surface area contributed by atoms with Crippen LogP contribution in [0, 0.1) is 0 Å². The van der Waals surface area contributed by atoms with Gasteiger partial charge in [-0.25, -0.2) is 9.48 Å². The first-order valence-electron chi connectivity index (χ1n) is 10.9. The Balaban J connectivity index is 1.68. The third-order valence-electron chi connectivity index (χ3n) is 4.84. The molecule has 3 rings (SSSR count). The van der Waals surface area contributed by atoms with Gasteiger partial charge >= 0.3 is 11.9 Å². The van der Waals surface area contributed by atoms with Gasteiger partial charge in [0.05, 0.1) is 19.4 Å². The van der Waals surface area contributed by atoms with Gasteiger partial charge in [-0.1, -0.05) is 18.2 Å². The largest absolute Gasteiger partial charge is 0.497 e. The van der Waals surface area contributed by atoms with Gasteiger partial charge in [-0.3, -0.25) is 9.59 Å². The van der Waals surface area contributed by atoms with Crippen LogP contribution in [-0.4, -0.2) is 54.5 Å². The minimum Gasteiger partial charge on any atom is -0.497 e. The van der Waals surface area contributed by atoms with Gasteiger partial charge in [0.25, 0.3) is 5.91 Å². The fourth-order valence-corrected chi connectivity index (χ4v) is 3.15. The smallest absolute Gasteiger partial charge is 0.342 e. The van der Waals surface area contributed by atoms with Crippen LogP contribution in [0.5, 0.6) is 5.75 Å². The Morgan fingerprint density at radius 1 is 1.00 bits per heavy atom. The van der Waals surface area contributed by atoms with E-state index in [-0.39, 0.29) is 24.5 Å². The second-order valence-corrected chi connectivity index (χ2v) is 7.23. The normalized spacial score (nSPS) is 10.4. The van der Waals surface area contributed by atoms with Crippen molar-refractivity contribution >= 4 is 17.8 Å². The number of para-hydroxylation sites is 1. The average molecular weight is 466 g/mol. The van der Waals surface area contributed by atoms with E-state index in [1.165, 1.54) is 0 Å². The molecule has 1 aromatic heterocycles. The molecule has 34 heavy (non-hydrogen) atoms. The van der Waals surface area contributed by atoms with E-state index in [2.05, 4.69) is 10.4 Å². The van der Waals surface area contributed by atoms with E-state index in [0.29, 0.717) is 30.0 Å². The minimum absolute atomic E-state index is 0.206. The van der Waals surface area contributed by atoms with E-state index in [1.54, 1.807) is 49.2 Å². The second kappa shape index (κ2) is 12.2. The van der Waals surface area contributed by atoms with Crippen molar-refractivity contribution in [1.29, 1.82) is 0 Å². The molecule has 0 unspecified atom stereocenters. The first-order chi connectivity index (χ1) is 16.5. The number of esters is 2. The number of amides is 1. The number of aromatic nitrogens is 2. The Labute approximate surface area is 197 Å². The number of methoxy groups -OCH3 is 1. The zero-order chi connectivity index (χ0) is 24.3. The van der Waals surface area contributed by atoms with Crippen LogP contribution in [0.4, 0.5) is 0 Å². The van der Waals surface area contributed by atoms with Gasteiger partial charge in [0.2, 0.25) is 0 Å². The number of nitrogens with one attached hydrogen (secondary N) is 1. The quantitative estimate of drug-likeness (QED) is 0.342. The Morgan fingerprint density at radius 2 is 1.74 bits per heavy atom. The number of nitrogens with zero attached hydrogens (tertiary/aromatic N) is 2. The number of ether oxygens (including phenoxy) is 3. The molecule has 0 aliphatic rings. The van der Waals surface area contributed by atoms with E-state index < -0.39 is 18.5 Å². The lowest BCUT2D eigenvalue weighted by molar-refractivity contribution is -0.143. The topological polar surface area (TPSA) is 109 Å². The molecule has 178 valence electrons. The molecule has 3 aromatic rings. The highest BCUT2D eigenvalue weighted by atomic mass is 16.5. The molecule has 0 radical (unpaired) electrons. The molecule has 0 fully saturated rings. The summed E-state index contributed by atoms with van der Waals surface area (Å²) in [5.74, 6) is -0.770. The summed E-state index contributed by atoms with van der Waals surface area (Å²) in [5, 5.41) is 7.20. The van der Waals surface area contributed by atoms with Crippen molar-refractivity contribution in [3.05, 3.63) is 66.4 Å². The monoisotopic (exact) mass is 465 g/mol. The van der Waals surface area contributed by atoms with Crippen molar-refractivity contribution in [2.45, 2.75) is 19.8 Å². The van der Waals surface area contributed by atoms with Gasteiger partial charge in [0.15, 0.2) is 6.61 Å². The van der Waals surface area contributed by atoms with E-state index in [1.807, 2.05) is 30.3 Å². The van der Waals surface area contributed by atoms with Crippen molar-refractivity contribution in [3.8, 4) is 22.7 Å². The van der Waals surface area contributed by atoms with Crippen LogP contribution < -0.4 is 10.1 Å². The van der Waals surface area contributed by atoms with Gasteiger partial charge in [-0.05, 0) is 49.7 Å². The molecule has 9 nitrogen and oxygen atoms in total. The predicted octanol–water partition coefficient (Wildman–Crippen LogP) is 3.16. The van der Waals surface area contributed by atoms with Gasteiger partial charge in [-0.15, -0.1) is 0 Å². The minimum atomic E-state index is -0.672. The predicted molar refractivity (Wildman–Crippen MR) is 125 cm³/mol. The Bertz CT molecular complexity index is 1110. The van der Waals surface area contributed by atoms with E-state index in [9.17, 15) is 14.4 Å². The third kappa shape index (κ3) is 6.68. The van der Waals surface area contributed by atoms with Crippen LogP contribution in [0.3, 0.4) is 0 Å². The van der Waals surface area contributed by atoms with Crippen LogP contribution in [0.2, 0.25) is 0 Å². The van der Waals surface area contributed by atoms with Crippen LogP contribution in [0.25, 0.3) is 16.9 Å². The molecule has 2 aromatic carbocycles. The molecule has 0 bridgehead atoms. The van der Waals surface area contributed by atoms with Crippen LogP contribution >= 0.6 is 0 Å². The van der Waals surface area contributed by atoms with Gasteiger partial charge in [0.1, 0.15) is 17.0 Å². The van der Waals surface area contributed by atoms with Gasteiger partial charge in [-0.2, -0.15) is 5.10 Å². The van der Waals surface area contributed by atoms with Crippen LogP contribution in [-0.2, 0) is 19.1 Å². The number of rotatable bonds is 11. The number of benzene rings is 2. The Hall–Kier alpha value is -4.14. The average Bonchev–Trinajstić information content (AvgIpc) is 3.32. The zero-order valence-corrected chi connectivity index (χ0v) is 19.2. The maximum absolute atomic E-state index is 12.9. The first-order valence-corrected chi connectivity index (χ1v) is 10.9. The van der Waals surface area contributed by atoms with E-state index in [4.69, 9.17) is 14.2 Å². The van der Waals surface area contributed by atoms with Crippen molar-refractivity contribution in [2.75, 3.05) is 26.9 Å². The molecule has 1 heterocycles. The summed E-state index contributed by atoms with van der Waals surface area (Å²) in [6.07, 6.45) is 2.22. The lowest BCUT2D eigenvalue weighted by Crippen LogP contribution is -2.30. The van der Waals surface area contributed by atoms with Gasteiger partial charge < -0.3 is 19.5 Å². The molecule has 0 saturated carbocycles. The summed E-state index contributed by atoms with van der Waals surface area (Å²) in [6, 6.07) is 16.5. The Morgan fingerprint density at radius 3 is 2.41 bits per heavy atom. The molecule has 1 amide bonds. The van der Waals surface area contributed by atoms with Gasteiger partial charge in [0, 0.05) is 24.7 Å². The SMILES string of the molecule is CCOC(=O)CCCNC(=O)COC(=O)c1cn(-c2ccccc2)nc1-c1ccc(OC)cc1.